The molecule has 3 unspecified atom stereocenters. The molecule has 0 aliphatic carbocycles. The standard InChI is InChI=1S/C41H81NO4/c1-3-5-7-9-11-13-14-15-16-17-18-19-20-21-22-23-24-25-26-27-28-30-32-34-36-40(45)42-38(37-43)41(46)39(44)35-33-31-29-12-10-8-6-4-2/h21-22,38-39,41,43-44,46H,3-20,23-37H2,1-2H3,(H,42,45)/b22-21-. The third-order valence-electron chi connectivity index (χ3n) is 9.62. The Bertz CT molecular complexity index is 640. The highest BCUT2D eigenvalue weighted by molar-refractivity contribution is 5.76. The number of nitrogens with one attached hydrogen (secondary N) is 1. The number of hydrogen-bond acceptors (Lipinski definition) is 4. The highest BCUT2D eigenvalue weighted by Gasteiger charge is 2.26. The second kappa shape index (κ2) is 36.9. The Hall–Kier alpha value is -0.910. The number of aliphatic hydroxyl groups is 3. The molecule has 0 radical (unpaired) electrons. The van der Waals surface area contributed by atoms with Gasteiger partial charge in [0.15, 0.2) is 0 Å². The van der Waals surface area contributed by atoms with Crippen LogP contribution >= 0.6 is 0 Å². The van der Waals surface area contributed by atoms with Gasteiger partial charge in [0.25, 0.3) is 0 Å². The van der Waals surface area contributed by atoms with Crippen molar-refractivity contribution in [2.45, 2.75) is 238 Å². The molecular weight excluding hydrogens is 570 g/mol. The molecule has 0 saturated heterocycles. The van der Waals surface area contributed by atoms with Crippen molar-refractivity contribution < 1.29 is 20.1 Å². The number of carbonyl (C=O) groups is 1. The van der Waals surface area contributed by atoms with E-state index in [0.29, 0.717) is 12.8 Å². The summed E-state index contributed by atoms with van der Waals surface area (Å²) in [5.41, 5.74) is 0. The minimum atomic E-state index is -1.13. The molecule has 0 aliphatic rings. The van der Waals surface area contributed by atoms with E-state index in [9.17, 15) is 20.1 Å². The van der Waals surface area contributed by atoms with Crippen LogP contribution in [0.4, 0.5) is 0 Å². The Morgan fingerprint density at radius 1 is 0.522 bits per heavy atom. The Morgan fingerprint density at radius 2 is 0.870 bits per heavy atom. The summed E-state index contributed by atoms with van der Waals surface area (Å²) in [5, 5.41) is 33.2. The summed E-state index contributed by atoms with van der Waals surface area (Å²) in [6.45, 7) is 4.14. The van der Waals surface area contributed by atoms with Gasteiger partial charge in [0.1, 0.15) is 6.10 Å². The molecule has 0 heterocycles. The fourth-order valence-corrected chi connectivity index (χ4v) is 6.39. The molecular formula is C41H81NO4. The zero-order chi connectivity index (χ0) is 33.8. The van der Waals surface area contributed by atoms with Crippen LogP contribution in [0.1, 0.15) is 219 Å². The number of rotatable bonds is 37. The van der Waals surface area contributed by atoms with Crippen molar-refractivity contribution in [2.24, 2.45) is 0 Å². The van der Waals surface area contributed by atoms with Crippen LogP contribution in [0.5, 0.6) is 0 Å². The lowest BCUT2D eigenvalue weighted by molar-refractivity contribution is -0.124. The largest absolute Gasteiger partial charge is 0.394 e. The third-order valence-corrected chi connectivity index (χ3v) is 9.62. The van der Waals surface area contributed by atoms with Gasteiger partial charge in [-0.15, -0.1) is 0 Å². The zero-order valence-electron chi connectivity index (χ0n) is 31.0. The van der Waals surface area contributed by atoms with Crippen LogP contribution in [-0.4, -0.2) is 46.1 Å². The van der Waals surface area contributed by atoms with Gasteiger partial charge >= 0.3 is 0 Å². The molecule has 0 bridgehead atoms. The summed E-state index contributed by atoms with van der Waals surface area (Å²) in [4.78, 5) is 12.3. The first-order chi connectivity index (χ1) is 22.6. The molecule has 0 aromatic rings. The first kappa shape index (κ1) is 45.1. The van der Waals surface area contributed by atoms with Gasteiger partial charge in [-0.2, -0.15) is 0 Å². The van der Waals surface area contributed by atoms with E-state index in [1.807, 2.05) is 0 Å². The van der Waals surface area contributed by atoms with Crippen LogP contribution < -0.4 is 5.32 Å². The van der Waals surface area contributed by atoms with Gasteiger partial charge in [-0.1, -0.05) is 187 Å². The summed E-state index contributed by atoms with van der Waals surface area (Å²) in [6.07, 6.45) is 41.9. The van der Waals surface area contributed by atoms with Crippen molar-refractivity contribution in [3.05, 3.63) is 12.2 Å². The Morgan fingerprint density at radius 3 is 1.26 bits per heavy atom. The highest BCUT2D eigenvalue weighted by Crippen LogP contribution is 2.15. The fourth-order valence-electron chi connectivity index (χ4n) is 6.39. The number of unbranched alkanes of at least 4 members (excludes halogenated alkanes) is 27. The molecule has 3 atom stereocenters. The molecule has 4 N–H and O–H groups in total. The highest BCUT2D eigenvalue weighted by atomic mass is 16.3. The van der Waals surface area contributed by atoms with E-state index < -0.39 is 18.2 Å². The lowest BCUT2D eigenvalue weighted by Gasteiger charge is -2.26. The van der Waals surface area contributed by atoms with E-state index in [0.717, 1.165) is 38.5 Å². The Balaban J connectivity index is 3.55. The average molecular weight is 652 g/mol. The van der Waals surface area contributed by atoms with Crippen LogP contribution in [0.25, 0.3) is 0 Å². The van der Waals surface area contributed by atoms with E-state index in [-0.39, 0.29) is 12.5 Å². The zero-order valence-corrected chi connectivity index (χ0v) is 31.0. The second-order valence-corrected chi connectivity index (χ2v) is 14.2. The maximum Gasteiger partial charge on any atom is 0.220 e. The molecule has 1 amide bonds. The first-order valence-corrected chi connectivity index (χ1v) is 20.5. The van der Waals surface area contributed by atoms with Gasteiger partial charge in [0.2, 0.25) is 5.91 Å². The predicted molar refractivity (Wildman–Crippen MR) is 199 cm³/mol. The minimum absolute atomic E-state index is 0.149. The summed E-state index contributed by atoms with van der Waals surface area (Å²) in [5.74, 6) is -0.149. The van der Waals surface area contributed by atoms with Crippen LogP contribution in [-0.2, 0) is 4.79 Å². The van der Waals surface area contributed by atoms with E-state index in [2.05, 4.69) is 31.3 Å². The Kier molecular flexibility index (Phi) is 36.2. The molecule has 0 saturated carbocycles. The third kappa shape index (κ3) is 31.7. The molecule has 274 valence electrons. The molecule has 0 aliphatic heterocycles. The molecule has 0 aromatic carbocycles. The van der Waals surface area contributed by atoms with Crippen molar-refractivity contribution >= 4 is 5.91 Å². The van der Waals surface area contributed by atoms with Crippen LogP contribution in [0, 0.1) is 0 Å². The van der Waals surface area contributed by atoms with Crippen molar-refractivity contribution in [3.63, 3.8) is 0 Å². The number of carbonyl (C=O) groups excluding carboxylic acids is 1. The second-order valence-electron chi connectivity index (χ2n) is 14.2. The topological polar surface area (TPSA) is 89.8 Å². The fraction of sp³-hybridized carbons (Fsp3) is 0.927. The lowest BCUT2D eigenvalue weighted by atomic mass is 9.99. The van der Waals surface area contributed by atoms with Crippen molar-refractivity contribution in [1.29, 1.82) is 0 Å². The van der Waals surface area contributed by atoms with Crippen molar-refractivity contribution in [1.82, 2.24) is 5.32 Å². The van der Waals surface area contributed by atoms with Gasteiger partial charge < -0.3 is 20.6 Å². The Labute approximate surface area is 287 Å². The number of aliphatic hydroxyl groups excluding tert-OH is 3. The van der Waals surface area contributed by atoms with Crippen molar-refractivity contribution in [2.75, 3.05) is 6.61 Å². The van der Waals surface area contributed by atoms with Crippen LogP contribution in [0.15, 0.2) is 12.2 Å². The first-order valence-electron chi connectivity index (χ1n) is 20.5. The van der Waals surface area contributed by atoms with E-state index in [1.165, 1.54) is 154 Å². The summed E-state index contributed by atoms with van der Waals surface area (Å²) in [7, 11) is 0. The molecule has 0 spiro atoms. The molecule has 0 rings (SSSR count). The van der Waals surface area contributed by atoms with Gasteiger partial charge in [-0.3, -0.25) is 4.79 Å². The summed E-state index contributed by atoms with van der Waals surface area (Å²) >= 11 is 0. The summed E-state index contributed by atoms with van der Waals surface area (Å²) in [6, 6.07) is -0.805. The van der Waals surface area contributed by atoms with Crippen LogP contribution in [0.2, 0.25) is 0 Å². The molecule has 5 heteroatoms. The normalized spacial score (nSPS) is 13.8. The van der Waals surface area contributed by atoms with E-state index in [1.54, 1.807) is 0 Å². The van der Waals surface area contributed by atoms with Gasteiger partial charge in [-0.05, 0) is 38.5 Å². The summed E-state index contributed by atoms with van der Waals surface area (Å²) < 4.78 is 0. The predicted octanol–water partition coefficient (Wildman–Crippen LogP) is 11.3. The quantitative estimate of drug-likeness (QED) is 0.0397. The molecule has 0 fully saturated rings. The van der Waals surface area contributed by atoms with Crippen molar-refractivity contribution in [3.8, 4) is 0 Å². The smallest absolute Gasteiger partial charge is 0.220 e. The van der Waals surface area contributed by atoms with Gasteiger partial charge in [0.05, 0.1) is 18.8 Å². The molecule has 0 aromatic heterocycles. The monoisotopic (exact) mass is 652 g/mol. The van der Waals surface area contributed by atoms with Gasteiger partial charge in [-0.25, -0.2) is 0 Å². The maximum absolute atomic E-state index is 12.3. The van der Waals surface area contributed by atoms with E-state index in [4.69, 9.17) is 0 Å². The van der Waals surface area contributed by atoms with E-state index >= 15 is 0 Å². The number of amides is 1. The molecule has 5 nitrogen and oxygen atoms in total. The lowest BCUT2D eigenvalue weighted by Crippen LogP contribution is -2.50. The number of hydrogen-bond donors (Lipinski definition) is 4. The average Bonchev–Trinajstić information content (AvgIpc) is 3.06. The minimum Gasteiger partial charge on any atom is -0.394 e. The SMILES string of the molecule is CCCCCCCCCCCCCC/C=C\CCCCCCCCCCC(=O)NC(CO)C(O)C(O)CCCCCCCCCC. The maximum atomic E-state index is 12.3. The van der Waals surface area contributed by atoms with Gasteiger partial charge in [0, 0.05) is 6.42 Å². The van der Waals surface area contributed by atoms with Crippen LogP contribution in [0.3, 0.4) is 0 Å². The molecule has 46 heavy (non-hydrogen) atoms. The number of allylic oxidation sites excluding steroid dienone is 2.